The summed E-state index contributed by atoms with van der Waals surface area (Å²) < 4.78 is 13.4. The van der Waals surface area contributed by atoms with Gasteiger partial charge >= 0.3 is 0 Å². The molecular formula is C29H33ClFN9. The zero-order chi connectivity index (χ0) is 27.3. The Morgan fingerprint density at radius 1 is 0.800 bits per heavy atom. The lowest BCUT2D eigenvalue weighted by Crippen LogP contribution is -2.48. The molecule has 0 radical (unpaired) electrons. The fraction of sp³-hybridized carbons (Fsp3) is 0.379. The first-order chi connectivity index (χ1) is 19.6. The van der Waals surface area contributed by atoms with Crippen molar-refractivity contribution in [1.82, 2.24) is 24.8 Å². The zero-order valence-electron chi connectivity index (χ0n) is 22.4. The number of hydrogen-bond donors (Lipinski definition) is 2. The van der Waals surface area contributed by atoms with Crippen molar-refractivity contribution in [2.75, 3.05) is 72.8 Å². The normalized spacial score (nSPS) is 16.4. The maximum Gasteiger partial charge on any atom is 0.233 e. The third-order valence-electron chi connectivity index (χ3n) is 7.45. The van der Waals surface area contributed by atoms with Gasteiger partial charge in [-0.1, -0.05) is 11.6 Å². The topological polar surface area (TPSA) is 85.3 Å². The van der Waals surface area contributed by atoms with Gasteiger partial charge in [0, 0.05) is 80.3 Å². The Balaban J connectivity index is 1.09. The van der Waals surface area contributed by atoms with Gasteiger partial charge in [0.25, 0.3) is 0 Å². The second-order valence-electron chi connectivity index (χ2n) is 10.2. The number of piperidine rings is 1. The summed E-state index contributed by atoms with van der Waals surface area (Å²) in [7, 11) is 0. The summed E-state index contributed by atoms with van der Waals surface area (Å²) in [6.07, 6.45) is 5.32. The fourth-order valence-electron chi connectivity index (χ4n) is 5.24. The van der Waals surface area contributed by atoms with Crippen molar-refractivity contribution in [2.45, 2.75) is 19.3 Å². The van der Waals surface area contributed by atoms with E-state index in [4.69, 9.17) is 26.6 Å². The maximum atomic E-state index is 13.4. The molecule has 0 spiro atoms. The molecule has 0 atom stereocenters. The van der Waals surface area contributed by atoms with Gasteiger partial charge in [0.05, 0.1) is 5.52 Å². The van der Waals surface area contributed by atoms with Crippen LogP contribution >= 0.6 is 11.6 Å². The van der Waals surface area contributed by atoms with Crippen LogP contribution in [0.4, 0.5) is 33.6 Å². The molecule has 0 unspecified atom stereocenters. The number of hydrogen-bond acceptors (Lipinski definition) is 9. The molecule has 0 bridgehead atoms. The minimum absolute atomic E-state index is 0.275. The summed E-state index contributed by atoms with van der Waals surface area (Å²) in [5, 5.41) is 8.57. The molecule has 2 aromatic carbocycles. The lowest BCUT2D eigenvalue weighted by Gasteiger charge is -2.35. The van der Waals surface area contributed by atoms with E-state index in [1.807, 2.05) is 30.5 Å². The molecule has 11 heteroatoms. The standard InChI is InChI=1S/C29H33ClFN9/c30-21-4-9-24-25(10-11-32-26(24)20-21)33-12-15-38-16-18-40(19-17-38)29-36-27(34-23-7-5-22(31)6-8-23)35-28(37-29)39-13-2-1-3-14-39/h4-11,20H,1-3,12-19H2,(H,32,33)(H,34,35,36,37). The number of anilines is 5. The Kier molecular flexibility index (Phi) is 8.06. The lowest BCUT2D eigenvalue weighted by atomic mass is 10.1. The Labute approximate surface area is 238 Å². The van der Waals surface area contributed by atoms with E-state index in [9.17, 15) is 4.39 Å². The first-order valence-corrected chi connectivity index (χ1v) is 14.3. The van der Waals surface area contributed by atoms with Crippen LogP contribution in [0, 0.1) is 5.82 Å². The lowest BCUT2D eigenvalue weighted by molar-refractivity contribution is 0.266. The molecule has 6 rings (SSSR count). The van der Waals surface area contributed by atoms with Crippen LogP contribution in [0.25, 0.3) is 10.9 Å². The Hall–Kier alpha value is -3.76. The molecule has 0 saturated carbocycles. The fourth-order valence-corrected chi connectivity index (χ4v) is 5.41. The summed E-state index contributed by atoms with van der Waals surface area (Å²) in [6, 6.07) is 14.0. The van der Waals surface area contributed by atoms with E-state index >= 15 is 0 Å². The minimum atomic E-state index is -0.275. The highest BCUT2D eigenvalue weighted by Crippen LogP contribution is 2.25. The summed E-state index contributed by atoms with van der Waals surface area (Å²) >= 11 is 6.13. The summed E-state index contributed by atoms with van der Waals surface area (Å²) in [6.45, 7) is 7.14. The van der Waals surface area contributed by atoms with Crippen molar-refractivity contribution in [2.24, 2.45) is 0 Å². The molecule has 2 aliphatic heterocycles. The molecule has 2 aromatic heterocycles. The number of rotatable bonds is 8. The van der Waals surface area contributed by atoms with E-state index in [1.165, 1.54) is 18.6 Å². The number of nitrogens with one attached hydrogen (secondary N) is 2. The Bertz CT molecular complexity index is 1440. The Morgan fingerprint density at radius 3 is 2.27 bits per heavy atom. The summed E-state index contributed by atoms with van der Waals surface area (Å²) in [5.74, 6) is 1.59. The van der Waals surface area contributed by atoms with Crippen LogP contribution in [-0.2, 0) is 0 Å². The molecule has 4 aromatic rings. The van der Waals surface area contributed by atoms with Crippen LogP contribution in [0.15, 0.2) is 54.7 Å². The predicted octanol–water partition coefficient (Wildman–Crippen LogP) is 5.18. The number of benzene rings is 2. The van der Waals surface area contributed by atoms with Gasteiger partial charge in [-0.05, 0) is 67.8 Å². The molecule has 2 fully saturated rings. The molecular weight excluding hydrogens is 529 g/mol. The van der Waals surface area contributed by atoms with E-state index in [-0.39, 0.29) is 5.82 Å². The van der Waals surface area contributed by atoms with Crippen LogP contribution in [0.2, 0.25) is 5.02 Å². The van der Waals surface area contributed by atoms with Gasteiger partial charge in [-0.25, -0.2) is 4.39 Å². The number of piperazine rings is 1. The van der Waals surface area contributed by atoms with E-state index in [2.05, 4.69) is 30.3 Å². The van der Waals surface area contributed by atoms with Crippen LogP contribution in [-0.4, -0.2) is 77.2 Å². The summed E-state index contributed by atoms with van der Waals surface area (Å²) in [5.41, 5.74) is 2.70. The number of fused-ring (bicyclic) bond motifs is 1. The van der Waals surface area contributed by atoms with Crippen LogP contribution in [0.5, 0.6) is 0 Å². The molecule has 2 N–H and O–H groups in total. The third kappa shape index (κ3) is 6.34. The SMILES string of the molecule is Fc1ccc(Nc2nc(N3CCCCC3)nc(N3CCN(CCNc4ccnc5cc(Cl)ccc45)CC3)n2)cc1. The minimum Gasteiger partial charge on any atom is -0.383 e. The second-order valence-corrected chi connectivity index (χ2v) is 10.7. The van der Waals surface area contributed by atoms with Gasteiger partial charge < -0.3 is 20.4 Å². The van der Waals surface area contributed by atoms with E-state index in [0.717, 1.165) is 87.5 Å². The van der Waals surface area contributed by atoms with Crippen molar-refractivity contribution < 1.29 is 4.39 Å². The maximum absolute atomic E-state index is 13.4. The van der Waals surface area contributed by atoms with Crippen LogP contribution in [0.1, 0.15) is 19.3 Å². The van der Waals surface area contributed by atoms with Crippen molar-refractivity contribution in [1.29, 1.82) is 0 Å². The van der Waals surface area contributed by atoms with Crippen LogP contribution < -0.4 is 20.4 Å². The number of nitrogens with zero attached hydrogens (tertiary/aromatic N) is 7. The summed E-state index contributed by atoms with van der Waals surface area (Å²) in [4.78, 5) is 25.7. The average Bonchev–Trinajstić information content (AvgIpc) is 2.99. The molecule has 2 aliphatic rings. The molecule has 208 valence electrons. The van der Waals surface area contributed by atoms with E-state index < -0.39 is 0 Å². The van der Waals surface area contributed by atoms with Gasteiger partial charge in [-0.15, -0.1) is 0 Å². The second kappa shape index (κ2) is 12.2. The van der Waals surface area contributed by atoms with Gasteiger partial charge in [0.2, 0.25) is 17.8 Å². The smallest absolute Gasteiger partial charge is 0.233 e. The molecule has 0 amide bonds. The van der Waals surface area contributed by atoms with Crippen molar-refractivity contribution in [3.63, 3.8) is 0 Å². The Morgan fingerprint density at radius 2 is 1.52 bits per heavy atom. The number of pyridine rings is 1. The molecule has 9 nitrogen and oxygen atoms in total. The molecule has 2 saturated heterocycles. The van der Waals surface area contributed by atoms with Crippen molar-refractivity contribution in [3.8, 4) is 0 Å². The zero-order valence-corrected chi connectivity index (χ0v) is 23.1. The molecule has 4 heterocycles. The first kappa shape index (κ1) is 26.5. The van der Waals surface area contributed by atoms with Gasteiger partial charge in [-0.2, -0.15) is 15.0 Å². The van der Waals surface area contributed by atoms with Gasteiger partial charge in [0.15, 0.2) is 0 Å². The predicted molar refractivity (Wildman–Crippen MR) is 159 cm³/mol. The number of halogens is 2. The van der Waals surface area contributed by atoms with E-state index in [0.29, 0.717) is 22.9 Å². The highest BCUT2D eigenvalue weighted by Gasteiger charge is 2.23. The monoisotopic (exact) mass is 561 g/mol. The third-order valence-corrected chi connectivity index (χ3v) is 7.69. The van der Waals surface area contributed by atoms with Crippen molar-refractivity contribution in [3.05, 3.63) is 65.6 Å². The van der Waals surface area contributed by atoms with Crippen LogP contribution in [0.3, 0.4) is 0 Å². The van der Waals surface area contributed by atoms with E-state index in [1.54, 1.807) is 12.1 Å². The quantitative estimate of drug-likeness (QED) is 0.302. The highest BCUT2D eigenvalue weighted by atomic mass is 35.5. The highest BCUT2D eigenvalue weighted by molar-refractivity contribution is 6.31. The average molecular weight is 562 g/mol. The largest absolute Gasteiger partial charge is 0.383 e. The first-order valence-electron chi connectivity index (χ1n) is 13.9. The molecule has 0 aliphatic carbocycles. The van der Waals surface area contributed by atoms with Crippen molar-refractivity contribution >= 4 is 51.7 Å². The number of aromatic nitrogens is 4. The van der Waals surface area contributed by atoms with Gasteiger partial charge in [-0.3, -0.25) is 9.88 Å². The molecule has 40 heavy (non-hydrogen) atoms. The van der Waals surface area contributed by atoms with Gasteiger partial charge in [0.1, 0.15) is 5.82 Å².